The van der Waals surface area contributed by atoms with Crippen LogP contribution in [-0.4, -0.2) is 23.8 Å². The molecule has 0 saturated carbocycles. The van der Waals surface area contributed by atoms with E-state index in [9.17, 15) is 9.90 Å². The molecule has 0 heterocycles. The number of benzene rings is 1. The van der Waals surface area contributed by atoms with Gasteiger partial charge in [-0.15, -0.1) is 0 Å². The summed E-state index contributed by atoms with van der Waals surface area (Å²) in [5.41, 5.74) is 2.19. The van der Waals surface area contributed by atoms with Crippen LogP contribution in [-0.2, 0) is 6.54 Å². The molecule has 5 heteroatoms. The van der Waals surface area contributed by atoms with Crippen LogP contribution in [0.1, 0.15) is 25.0 Å². The average Bonchev–Trinajstić information content (AvgIpc) is 2.34. The fraction of sp³-hybridized carbons (Fsp3) is 0.500. The number of halogens is 1. The van der Waals surface area contributed by atoms with Crippen LogP contribution in [0.4, 0.5) is 4.79 Å². The van der Waals surface area contributed by atoms with Crippen molar-refractivity contribution in [2.45, 2.75) is 33.4 Å². The van der Waals surface area contributed by atoms with Crippen molar-refractivity contribution < 1.29 is 9.90 Å². The summed E-state index contributed by atoms with van der Waals surface area (Å²) >= 11 is 3.40. The van der Waals surface area contributed by atoms with Crippen LogP contribution in [0.3, 0.4) is 0 Å². The minimum absolute atomic E-state index is 0.133. The minimum Gasteiger partial charge on any atom is -0.391 e. The summed E-state index contributed by atoms with van der Waals surface area (Å²) in [7, 11) is 0. The summed E-state index contributed by atoms with van der Waals surface area (Å²) in [6.07, 6.45) is -0.514. The predicted molar refractivity (Wildman–Crippen MR) is 80.0 cm³/mol. The van der Waals surface area contributed by atoms with Gasteiger partial charge in [-0.05, 0) is 36.1 Å². The molecule has 106 valence electrons. The van der Waals surface area contributed by atoms with Gasteiger partial charge in [-0.25, -0.2) is 4.79 Å². The lowest BCUT2D eigenvalue weighted by Crippen LogP contribution is -2.40. The van der Waals surface area contributed by atoms with Crippen LogP contribution in [0.2, 0.25) is 0 Å². The second-order valence-corrected chi connectivity index (χ2v) is 5.86. The van der Waals surface area contributed by atoms with Gasteiger partial charge >= 0.3 is 6.03 Å². The van der Waals surface area contributed by atoms with Gasteiger partial charge in [0.1, 0.15) is 0 Å². The molecular formula is C14H21BrN2O2. The van der Waals surface area contributed by atoms with Gasteiger partial charge in [0.25, 0.3) is 0 Å². The Labute approximate surface area is 122 Å². The minimum atomic E-state index is -0.514. The molecule has 0 bridgehead atoms. The van der Waals surface area contributed by atoms with Crippen molar-refractivity contribution in [1.29, 1.82) is 0 Å². The Morgan fingerprint density at radius 2 is 2.05 bits per heavy atom. The Balaban J connectivity index is 2.38. The summed E-state index contributed by atoms with van der Waals surface area (Å²) < 4.78 is 1.03. The van der Waals surface area contributed by atoms with Crippen molar-refractivity contribution in [2.75, 3.05) is 6.54 Å². The van der Waals surface area contributed by atoms with Crippen molar-refractivity contribution in [2.24, 2.45) is 5.92 Å². The zero-order valence-electron chi connectivity index (χ0n) is 11.5. The highest BCUT2D eigenvalue weighted by molar-refractivity contribution is 9.10. The SMILES string of the molecule is Cc1cc(Br)ccc1CNC(=O)NCC(O)C(C)C. The first-order chi connectivity index (χ1) is 8.90. The van der Waals surface area contributed by atoms with Crippen molar-refractivity contribution in [3.8, 4) is 0 Å². The molecule has 0 aromatic heterocycles. The van der Waals surface area contributed by atoms with E-state index in [0.717, 1.165) is 15.6 Å². The summed E-state index contributed by atoms with van der Waals surface area (Å²) in [6.45, 7) is 6.57. The normalized spacial score (nSPS) is 12.3. The molecule has 4 nitrogen and oxygen atoms in total. The largest absolute Gasteiger partial charge is 0.391 e. The highest BCUT2D eigenvalue weighted by Gasteiger charge is 2.10. The van der Waals surface area contributed by atoms with Crippen molar-refractivity contribution in [3.05, 3.63) is 33.8 Å². The Kier molecular flexibility index (Phi) is 6.31. The highest BCUT2D eigenvalue weighted by Crippen LogP contribution is 2.15. The summed E-state index contributed by atoms with van der Waals surface area (Å²) in [5, 5.41) is 15.0. The Morgan fingerprint density at radius 3 is 2.63 bits per heavy atom. The standard InChI is InChI=1S/C14H21BrN2O2/c1-9(2)13(18)8-17-14(19)16-7-11-4-5-12(15)6-10(11)3/h4-6,9,13,18H,7-8H2,1-3H3,(H2,16,17,19). The first-order valence-corrected chi connectivity index (χ1v) is 7.14. The molecule has 0 aliphatic rings. The highest BCUT2D eigenvalue weighted by atomic mass is 79.9. The van der Waals surface area contributed by atoms with Gasteiger partial charge < -0.3 is 15.7 Å². The molecule has 0 fully saturated rings. The quantitative estimate of drug-likeness (QED) is 0.777. The lowest BCUT2D eigenvalue weighted by molar-refractivity contribution is 0.125. The lowest BCUT2D eigenvalue weighted by atomic mass is 10.1. The fourth-order valence-corrected chi connectivity index (χ4v) is 2.00. The number of hydrogen-bond donors (Lipinski definition) is 3. The second kappa shape index (κ2) is 7.50. The van der Waals surface area contributed by atoms with E-state index in [4.69, 9.17) is 0 Å². The molecule has 0 saturated heterocycles. The monoisotopic (exact) mass is 328 g/mol. The van der Waals surface area contributed by atoms with Crippen LogP contribution in [0.5, 0.6) is 0 Å². The first-order valence-electron chi connectivity index (χ1n) is 6.35. The van der Waals surface area contributed by atoms with Crippen LogP contribution in [0.15, 0.2) is 22.7 Å². The van der Waals surface area contributed by atoms with Gasteiger partial charge in [-0.1, -0.05) is 35.8 Å². The molecule has 3 N–H and O–H groups in total. The molecule has 1 aromatic carbocycles. The van der Waals surface area contributed by atoms with E-state index in [0.29, 0.717) is 6.54 Å². The van der Waals surface area contributed by atoms with E-state index in [-0.39, 0.29) is 18.5 Å². The van der Waals surface area contributed by atoms with Gasteiger partial charge in [-0.3, -0.25) is 0 Å². The number of hydrogen-bond acceptors (Lipinski definition) is 2. The topological polar surface area (TPSA) is 61.4 Å². The van der Waals surface area contributed by atoms with Crippen LogP contribution in [0.25, 0.3) is 0 Å². The van der Waals surface area contributed by atoms with E-state index in [1.807, 2.05) is 39.0 Å². The Bertz CT molecular complexity index is 435. The molecule has 19 heavy (non-hydrogen) atoms. The zero-order chi connectivity index (χ0) is 14.4. The van der Waals surface area contributed by atoms with Crippen LogP contribution < -0.4 is 10.6 Å². The zero-order valence-corrected chi connectivity index (χ0v) is 13.1. The van der Waals surface area contributed by atoms with E-state index >= 15 is 0 Å². The van der Waals surface area contributed by atoms with Crippen LogP contribution in [0, 0.1) is 12.8 Å². The summed E-state index contributed by atoms with van der Waals surface area (Å²) in [6, 6.07) is 5.67. The molecule has 1 aromatic rings. The molecule has 1 atom stereocenters. The Morgan fingerprint density at radius 1 is 1.37 bits per heavy atom. The predicted octanol–water partition coefficient (Wildman–Crippen LogP) is 2.57. The van der Waals surface area contributed by atoms with Crippen molar-refractivity contribution in [3.63, 3.8) is 0 Å². The Hall–Kier alpha value is -1.07. The third kappa shape index (κ3) is 5.61. The number of carbonyl (C=O) groups is 1. The van der Waals surface area contributed by atoms with Gasteiger partial charge in [0, 0.05) is 17.6 Å². The number of urea groups is 1. The van der Waals surface area contributed by atoms with Gasteiger partial charge in [0.2, 0.25) is 0 Å². The number of carbonyl (C=O) groups excluding carboxylic acids is 1. The lowest BCUT2D eigenvalue weighted by Gasteiger charge is -2.15. The third-order valence-electron chi connectivity index (χ3n) is 2.99. The maximum Gasteiger partial charge on any atom is 0.315 e. The van der Waals surface area contributed by atoms with E-state index in [2.05, 4.69) is 26.6 Å². The number of nitrogens with one attached hydrogen (secondary N) is 2. The van der Waals surface area contributed by atoms with Gasteiger partial charge in [0.15, 0.2) is 0 Å². The maximum atomic E-state index is 11.6. The molecule has 0 radical (unpaired) electrons. The maximum absolute atomic E-state index is 11.6. The van der Waals surface area contributed by atoms with Gasteiger partial charge in [0.05, 0.1) is 6.10 Å². The molecule has 1 rings (SSSR count). The third-order valence-corrected chi connectivity index (χ3v) is 3.48. The van der Waals surface area contributed by atoms with Crippen LogP contribution >= 0.6 is 15.9 Å². The molecule has 0 aliphatic heterocycles. The molecule has 0 aliphatic carbocycles. The average molecular weight is 329 g/mol. The number of aliphatic hydroxyl groups is 1. The summed E-state index contributed by atoms with van der Waals surface area (Å²) in [5.74, 6) is 0.133. The van der Waals surface area contributed by atoms with E-state index < -0.39 is 6.10 Å². The molecule has 1 unspecified atom stereocenters. The van der Waals surface area contributed by atoms with Gasteiger partial charge in [-0.2, -0.15) is 0 Å². The van der Waals surface area contributed by atoms with E-state index in [1.54, 1.807) is 0 Å². The fourth-order valence-electron chi connectivity index (χ4n) is 1.53. The molecule has 2 amide bonds. The van der Waals surface area contributed by atoms with Crippen molar-refractivity contribution >= 4 is 22.0 Å². The molecule has 0 spiro atoms. The van der Waals surface area contributed by atoms with Crippen molar-refractivity contribution in [1.82, 2.24) is 10.6 Å². The second-order valence-electron chi connectivity index (χ2n) is 4.95. The summed E-state index contributed by atoms with van der Waals surface area (Å²) in [4.78, 5) is 11.6. The number of aryl methyl sites for hydroxylation is 1. The smallest absolute Gasteiger partial charge is 0.315 e. The van der Waals surface area contributed by atoms with E-state index in [1.165, 1.54) is 0 Å². The molecular weight excluding hydrogens is 308 g/mol. The number of amides is 2. The number of aliphatic hydroxyl groups excluding tert-OH is 1. The number of rotatable bonds is 5. The first kappa shape index (κ1) is 16.0.